The van der Waals surface area contributed by atoms with E-state index < -0.39 is 8.32 Å². The minimum Gasteiger partial charge on any atom is -0.469 e. The van der Waals surface area contributed by atoms with Gasteiger partial charge in [-0.2, -0.15) is 0 Å². The number of hydrogen-bond donors (Lipinski definition) is 0. The molecule has 0 spiro atoms. The van der Waals surface area contributed by atoms with E-state index in [-0.39, 0.29) is 18.0 Å². The predicted molar refractivity (Wildman–Crippen MR) is 52.9 cm³/mol. The minimum absolute atomic E-state index is 0.0169. The number of carbonyl (C=O) groups excluding carboxylic acids is 1. The molecule has 0 aromatic rings. The van der Waals surface area contributed by atoms with Gasteiger partial charge in [-0.25, -0.2) is 0 Å². The second-order valence-electron chi connectivity index (χ2n) is 4.60. The number of ether oxygens (including phenoxy) is 1. The molecule has 1 saturated carbocycles. The molecule has 0 amide bonds. The Balaban J connectivity index is 2.45. The standard InChI is InChI=1S/C9H18O3Si/c1-6-7(9(10)11-2)8(6)12-13(3,4)5/h6-8H,1-5H3/t6-,7+,8+/m0/s1. The summed E-state index contributed by atoms with van der Waals surface area (Å²) in [5.74, 6) is 0.187. The van der Waals surface area contributed by atoms with Gasteiger partial charge in [0.1, 0.15) is 0 Å². The van der Waals surface area contributed by atoms with Crippen LogP contribution < -0.4 is 0 Å². The van der Waals surface area contributed by atoms with Crippen LogP contribution in [0.15, 0.2) is 0 Å². The first-order chi connectivity index (χ1) is 5.87. The monoisotopic (exact) mass is 202 g/mol. The summed E-state index contributed by atoms with van der Waals surface area (Å²) < 4.78 is 10.5. The first-order valence-electron chi connectivity index (χ1n) is 4.62. The van der Waals surface area contributed by atoms with Crippen molar-refractivity contribution in [2.24, 2.45) is 11.8 Å². The number of carbonyl (C=O) groups is 1. The van der Waals surface area contributed by atoms with Crippen LogP contribution in [0.25, 0.3) is 0 Å². The van der Waals surface area contributed by atoms with Crippen LogP contribution in [0.3, 0.4) is 0 Å². The Hall–Kier alpha value is -0.353. The maximum atomic E-state index is 11.2. The summed E-state index contributed by atoms with van der Waals surface area (Å²) in [6.45, 7) is 8.43. The Morgan fingerprint density at radius 1 is 1.31 bits per heavy atom. The molecule has 1 fully saturated rings. The van der Waals surface area contributed by atoms with Crippen LogP contribution in [-0.2, 0) is 14.0 Å². The molecule has 0 bridgehead atoms. The van der Waals surface area contributed by atoms with Gasteiger partial charge in [0, 0.05) is 0 Å². The van der Waals surface area contributed by atoms with E-state index in [0.717, 1.165) is 0 Å². The van der Waals surface area contributed by atoms with Gasteiger partial charge < -0.3 is 9.16 Å². The van der Waals surface area contributed by atoms with E-state index in [1.807, 2.05) is 6.92 Å². The first-order valence-corrected chi connectivity index (χ1v) is 8.03. The zero-order chi connectivity index (χ0) is 10.2. The number of rotatable bonds is 3. The molecule has 76 valence electrons. The molecule has 1 aliphatic carbocycles. The highest BCUT2D eigenvalue weighted by Gasteiger charge is 2.54. The zero-order valence-electron chi connectivity index (χ0n) is 8.96. The molecule has 1 aliphatic rings. The second kappa shape index (κ2) is 3.42. The summed E-state index contributed by atoms with van der Waals surface area (Å²) >= 11 is 0. The lowest BCUT2D eigenvalue weighted by Gasteiger charge is -2.16. The average molecular weight is 202 g/mol. The van der Waals surface area contributed by atoms with Gasteiger partial charge in [0.15, 0.2) is 8.32 Å². The van der Waals surface area contributed by atoms with E-state index >= 15 is 0 Å². The molecule has 0 aliphatic heterocycles. The molecule has 0 aromatic heterocycles. The van der Waals surface area contributed by atoms with Crippen molar-refractivity contribution in [3.63, 3.8) is 0 Å². The van der Waals surface area contributed by atoms with Crippen molar-refractivity contribution in [2.75, 3.05) is 7.11 Å². The maximum Gasteiger partial charge on any atom is 0.311 e. The van der Waals surface area contributed by atoms with Crippen LogP contribution >= 0.6 is 0 Å². The summed E-state index contributed by atoms with van der Waals surface area (Å²) in [7, 11) is -0.0783. The van der Waals surface area contributed by atoms with E-state index in [2.05, 4.69) is 24.4 Å². The summed E-state index contributed by atoms with van der Waals surface area (Å²) in [5.41, 5.74) is 0. The lowest BCUT2D eigenvalue weighted by atomic mass is 10.3. The summed E-state index contributed by atoms with van der Waals surface area (Å²) in [4.78, 5) is 11.2. The van der Waals surface area contributed by atoms with Crippen molar-refractivity contribution in [1.29, 1.82) is 0 Å². The average Bonchev–Trinajstić information content (AvgIpc) is 2.57. The fraction of sp³-hybridized carbons (Fsp3) is 0.889. The van der Waals surface area contributed by atoms with E-state index in [4.69, 9.17) is 4.43 Å². The minimum atomic E-state index is -1.51. The zero-order valence-corrected chi connectivity index (χ0v) is 9.96. The van der Waals surface area contributed by atoms with Gasteiger partial charge in [0.05, 0.1) is 19.1 Å². The SMILES string of the molecule is COC(=O)[C@@H]1[C@H](C)[C@H]1O[Si](C)(C)C. The smallest absolute Gasteiger partial charge is 0.311 e. The Morgan fingerprint density at radius 3 is 2.23 bits per heavy atom. The molecule has 4 heteroatoms. The van der Waals surface area contributed by atoms with Crippen molar-refractivity contribution < 1.29 is 14.0 Å². The summed E-state index contributed by atoms with van der Waals surface area (Å²) in [6.07, 6.45) is 0.110. The quantitative estimate of drug-likeness (QED) is 0.515. The lowest BCUT2D eigenvalue weighted by Crippen LogP contribution is -2.28. The van der Waals surface area contributed by atoms with Gasteiger partial charge in [0.2, 0.25) is 0 Å². The highest BCUT2D eigenvalue weighted by atomic mass is 28.4. The summed E-state index contributed by atoms with van der Waals surface area (Å²) in [6, 6.07) is 0. The summed E-state index contributed by atoms with van der Waals surface area (Å²) in [5, 5.41) is 0. The van der Waals surface area contributed by atoms with Gasteiger partial charge in [-0.15, -0.1) is 0 Å². The van der Waals surface area contributed by atoms with E-state index in [9.17, 15) is 4.79 Å². The molecule has 13 heavy (non-hydrogen) atoms. The van der Waals surface area contributed by atoms with Gasteiger partial charge in [-0.05, 0) is 25.6 Å². The van der Waals surface area contributed by atoms with Gasteiger partial charge in [-0.3, -0.25) is 4.79 Å². The molecule has 0 aromatic carbocycles. The van der Waals surface area contributed by atoms with Crippen molar-refractivity contribution in [3.05, 3.63) is 0 Å². The van der Waals surface area contributed by atoms with Gasteiger partial charge in [0.25, 0.3) is 0 Å². The molecule has 3 nitrogen and oxygen atoms in total. The van der Waals surface area contributed by atoms with Crippen LogP contribution in [-0.4, -0.2) is 27.5 Å². The Morgan fingerprint density at radius 2 is 1.85 bits per heavy atom. The third kappa shape index (κ3) is 2.54. The third-order valence-corrected chi connectivity index (χ3v) is 3.24. The third-order valence-electron chi connectivity index (χ3n) is 2.26. The Kier molecular flexibility index (Phi) is 2.82. The predicted octanol–water partition coefficient (Wildman–Crippen LogP) is 1.65. The number of hydrogen-bond acceptors (Lipinski definition) is 3. The molecule has 0 unspecified atom stereocenters. The molecule has 1 rings (SSSR count). The maximum absolute atomic E-state index is 11.2. The first kappa shape index (κ1) is 10.7. The van der Waals surface area contributed by atoms with E-state index in [0.29, 0.717) is 5.92 Å². The van der Waals surface area contributed by atoms with E-state index in [1.54, 1.807) is 0 Å². The molecular formula is C9H18O3Si. The molecule has 0 radical (unpaired) electrons. The fourth-order valence-electron chi connectivity index (χ4n) is 1.50. The molecule has 0 N–H and O–H groups in total. The van der Waals surface area contributed by atoms with Gasteiger partial charge in [-0.1, -0.05) is 6.92 Å². The van der Waals surface area contributed by atoms with Crippen molar-refractivity contribution in [1.82, 2.24) is 0 Å². The van der Waals surface area contributed by atoms with Crippen molar-refractivity contribution in [3.8, 4) is 0 Å². The fourth-order valence-corrected chi connectivity index (χ4v) is 2.68. The Bertz CT molecular complexity index is 209. The largest absolute Gasteiger partial charge is 0.469 e. The number of methoxy groups -OCH3 is 1. The van der Waals surface area contributed by atoms with Crippen molar-refractivity contribution in [2.45, 2.75) is 32.7 Å². The van der Waals surface area contributed by atoms with E-state index in [1.165, 1.54) is 7.11 Å². The van der Waals surface area contributed by atoms with Crippen LogP contribution in [0, 0.1) is 11.8 Å². The highest BCUT2D eigenvalue weighted by molar-refractivity contribution is 6.69. The second-order valence-corrected chi connectivity index (χ2v) is 9.06. The van der Waals surface area contributed by atoms with Crippen LogP contribution in [0.1, 0.15) is 6.92 Å². The number of esters is 1. The van der Waals surface area contributed by atoms with Gasteiger partial charge >= 0.3 is 5.97 Å². The normalized spacial score (nSPS) is 32.8. The topological polar surface area (TPSA) is 35.5 Å². The highest BCUT2D eigenvalue weighted by Crippen LogP contribution is 2.43. The Labute approximate surface area is 80.5 Å². The molecule has 0 heterocycles. The molecule has 0 saturated heterocycles. The van der Waals surface area contributed by atoms with Crippen molar-refractivity contribution >= 4 is 14.3 Å². The lowest BCUT2D eigenvalue weighted by molar-refractivity contribution is -0.143. The van der Waals surface area contributed by atoms with Crippen LogP contribution in [0.4, 0.5) is 0 Å². The molecule has 3 atom stereocenters. The van der Waals surface area contributed by atoms with Crippen LogP contribution in [0.2, 0.25) is 19.6 Å². The molecular weight excluding hydrogens is 184 g/mol. The van der Waals surface area contributed by atoms with Crippen LogP contribution in [0.5, 0.6) is 0 Å².